The Labute approximate surface area is 211 Å². The molecule has 5 rings (SSSR count). The molecule has 0 spiro atoms. The molecule has 0 aromatic heterocycles. The molecule has 1 unspecified atom stereocenters. The summed E-state index contributed by atoms with van der Waals surface area (Å²) in [4.78, 5) is 42.8. The fourth-order valence-electron chi connectivity index (χ4n) is 5.70. The van der Waals surface area contributed by atoms with Gasteiger partial charge in [0.1, 0.15) is 11.4 Å². The molecule has 1 N–H and O–H groups in total. The molecule has 1 atom stereocenters. The molecule has 2 aromatic rings. The Kier molecular flexibility index (Phi) is 7.08. The van der Waals surface area contributed by atoms with Crippen LogP contribution in [0.3, 0.4) is 0 Å². The maximum atomic E-state index is 13.8. The van der Waals surface area contributed by atoms with E-state index < -0.39 is 5.54 Å². The minimum Gasteiger partial charge on any atom is -0.343 e. The van der Waals surface area contributed by atoms with Crippen molar-refractivity contribution in [2.24, 2.45) is 11.8 Å². The fraction of sp³-hybridized carbons (Fsp3) is 0.483. The first kappa shape index (κ1) is 24.5. The molecule has 3 aliphatic rings. The summed E-state index contributed by atoms with van der Waals surface area (Å²) in [5.41, 5.74) is 1.00. The maximum Gasteiger partial charge on any atom is 0.325 e. The predicted molar refractivity (Wildman–Crippen MR) is 134 cm³/mol. The molecule has 4 amide bonds. The Bertz CT molecular complexity index is 1090. The number of urea groups is 1. The summed E-state index contributed by atoms with van der Waals surface area (Å²) in [6.45, 7) is 1.62. The smallest absolute Gasteiger partial charge is 0.325 e. The Morgan fingerprint density at radius 2 is 1.64 bits per heavy atom. The highest BCUT2D eigenvalue weighted by molar-refractivity contribution is 6.07. The number of carbonyl (C=O) groups excluding carboxylic acids is 3. The summed E-state index contributed by atoms with van der Waals surface area (Å²) in [5, 5.41) is 3.07. The average Bonchev–Trinajstić information content (AvgIpc) is 3.69. The van der Waals surface area contributed by atoms with Gasteiger partial charge in [-0.1, -0.05) is 42.5 Å². The first-order valence-electron chi connectivity index (χ1n) is 13.1. The minimum absolute atomic E-state index is 0.0865. The first-order valence-corrected chi connectivity index (χ1v) is 13.1. The standard InChI is InChI=1S/C29H34FN3O3/c30-25-13-11-22(12-14-25)19-29(27(35)33(28(36)31-29)20-23-9-10-23)24-15-17-32(18-16-24)26(34)8-4-7-21-5-2-1-3-6-21/h1-3,5-6,11-14,23-24H,4,7-10,15-20H2,(H,31,36). The van der Waals surface area contributed by atoms with Gasteiger partial charge in [0.2, 0.25) is 5.91 Å². The van der Waals surface area contributed by atoms with Crippen LogP contribution in [0.1, 0.15) is 49.7 Å². The predicted octanol–water partition coefficient (Wildman–Crippen LogP) is 4.33. The van der Waals surface area contributed by atoms with E-state index in [1.54, 1.807) is 12.1 Å². The van der Waals surface area contributed by atoms with Crippen molar-refractivity contribution in [2.45, 2.75) is 56.9 Å². The number of halogens is 1. The molecule has 6 nitrogen and oxygen atoms in total. The Balaban J connectivity index is 1.24. The number of hydrogen-bond donors (Lipinski definition) is 1. The van der Waals surface area contributed by atoms with Gasteiger partial charge in [-0.25, -0.2) is 9.18 Å². The highest BCUT2D eigenvalue weighted by Crippen LogP contribution is 2.39. The van der Waals surface area contributed by atoms with Gasteiger partial charge in [-0.2, -0.15) is 0 Å². The molecule has 3 fully saturated rings. The Hall–Kier alpha value is -3.22. The lowest BCUT2D eigenvalue weighted by molar-refractivity contribution is -0.136. The summed E-state index contributed by atoms with van der Waals surface area (Å²) in [5.74, 6) is -0.0391. The molecule has 36 heavy (non-hydrogen) atoms. The number of hydrogen-bond acceptors (Lipinski definition) is 3. The van der Waals surface area contributed by atoms with Crippen molar-refractivity contribution < 1.29 is 18.8 Å². The van der Waals surface area contributed by atoms with E-state index in [1.165, 1.54) is 22.6 Å². The lowest BCUT2D eigenvalue weighted by Gasteiger charge is -2.41. The average molecular weight is 492 g/mol. The van der Waals surface area contributed by atoms with E-state index in [1.807, 2.05) is 23.1 Å². The van der Waals surface area contributed by atoms with E-state index in [4.69, 9.17) is 0 Å². The first-order chi connectivity index (χ1) is 17.4. The van der Waals surface area contributed by atoms with Crippen molar-refractivity contribution in [3.05, 3.63) is 71.5 Å². The van der Waals surface area contributed by atoms with Crippen molar-refractivity contribution in [1.82, 2.24) is 15.1 Å². The zero-order valence-corrected chi connectivity index (χ0v) is 20.6. The zero-order chi connectivity index (χ0) is 25.1. The van der Waals surface area contributed by atoms with Crippen molar-refractivity contribution >= 4 is 17.8 Å². The van der Waals surface area contributed by atoms with Gasteiger partial charge in [-0.05, 0) is 73.6 Å². The van der Waals surface area contributed by atoms with Crippen LogP contribution in [-0.4, -0.2) is 52.8 Å². The number of imide groups is 1. The van der Waals surface area contributed by atoms with Crippen molar-refractivity contribution in [3.63, 3.8) is 0 Å². The van der Waals surface area contributed by atoms with Crippen molar-refractivity contribution in [2.75, 3.05) is 19.6 Å². The van der Waals surface area contributed by atoms with Gasteiger partial charge in [0, 0.05) is 32.5 Å². The van der Waals surface area contributed by atoms with Crippen LogP contribution in [-0.2, 0) is 22.4 Å². The third kappa shape index (κ3) is 5.30. The molecular weight excluding hydrogens is 457 g/mol. The number of rotatable bonds is 9. The van der Waals surface area contributed by atoms with Gasteiger partial charge < -0.3 is 10.2 Å². The Morgan fingerprint density at radius 1 is 0.944 bits per heavy atom. The van der Waals surface area contributed by atoms with Crippen LogP contribution >= 0.6 is 0 Å². The largest absolute Gasteiger partial charge is 0.343 e. The maximum absolute atomic E-state index is 13.8. The van der Waals surface area contributed by atoms with Gasteiger partial charge in [-0.15, -0.1) is 0 Å². The van der Waals surface area contributed by atoms with Crippen LogP contribution in [0.2, 0.25) is 0 Å². The van der Waals surface area contributed by atoms with Gasteiger partial charge >= 0.3 is 6.03 Å². The van der Waals surface area contributed by atoms with Crippen LogP contribution in [0.25, 0.3) is 0 Å². The quantitative estimate of drug-likeness (QED) is 0.531. The molecule has 0 bridgehead atoms. The molecule has 1 saturated carbocycles. The van der Waals surface area contributed by atoms with E-state index >= 15 is 0 Å². The zero-order valence-electron chi connectivity index (χ0n) is 20.6. The lowest BCUT2D eigenvalue weighted by atomic mass is 9.74. The third-order valence-electron chi connectivity index (χ3n) is 7.98. The molecule has 0 radical (unpaired) electrons. The second kappa shape index (κ2) is 10.4. The molecule has 190 valence electrons. The minimum atomic E-state index is -1.05. The lowest BCUT2D eigenvalue weighted by Crippen LogP contribution is -2.58. The number of nitrogens with one attached hydrogen (secondary N) is 1. The fourth-order valence-corrected chi connectivity index (χ4v) is 5.70. The van der Waals surface area contributed by atoms with Gasteiger partial charge in [0.25, 0.3) is 5.91 Å². The number of likely N-dealkylation sites (tertiary alicyclic amines) is 1. The molecular formula is C29H34FN3O3. The van der Waals surface area contributed by atoms with Crippen molar-refractivity contribution in [3.8, 4) is 0 Å². The van der Waals surface area contributed by atoms with Crippen LogP contribution < -0.4 is 5.32 Å². The summed E-state index contributed by atoms with van der Waals surface area (Å²) in [6, 6.07) is 16.0. The number of benzene rings is 2. The number of carbonyl (C=O) groups is 3. The molecule has 2 aromatic carbocycles. The van der Waals surface area contributed by atoms with Gasteiger partial charge in [-0.3, -0.25) is 14.5 Å². The molecule has 2 aliphatic heterocycles. The van der Waals surface area contributed by atoms with E-state index in [9.17, 15) is 18.8 Å². The number of nitrogens with zero attached hydrogens (tertiary/aromatic N) is 2. The van der Waals surface area contributed by atoms with E-state index in [0.717, 1.165) is 31.2 Å². The monoisotopic (exact) mass is 491 g/mol. The molecule has 1 aliphatic carbocycles. The summed E-state index contributed by atoms with van der Waals surface area (Å²) >= 11 is 0. The van der Waals surface area contributed by atoms with Crippen molar-refractivity contribution in [1.29, 1.82) is 0 Å². The topological polar surface area (TPSA) is 69.7 Å². The molecule has 2 saturated heterocycles. The number of aryl methyl sites for hydroxylation is 1. The number of amides is 4. The normalized spacial score (nSPS) is 22.7. The SMILES string of the molecule is O=C(CCCc1ccccc1)N1CCC(C2(Cc3ccc(F)cc3)NC(=O)N(CC3CC3)C2=O)CC1. The molecule has 2 heterocycles. The van der Waals surface area contributed by atoms with Crippen LogP contribution in [0.4, 0.5) is 9.18 Å². The van der Waals surface area contributed by atoms with Gasteiger partial charge in [0.15, 0.2) is 0 Å². The second-order valence-electron chi connectivity index (χ2n) is 10.6. The number of piperidine rings is 1. The Morgan fingerprint density at radius 3 is 2.31 bits per heavy atom. The van der Waals surface area contributed by atoms with Crippen LogP contribution in [0, 0.1) is 17.7 Å². The van der Waals surface area contributed by atoms with E-state index in [0.29, 0.717) is 51.2 Å². The third-order valence-corrected chi connectivity index (χ3v) is 7.98. The summed E-state index contributed by atoms with van der Waals surface area (Å²) < 4.78 is 13.5. The van der Waals surface area contributed by atoms with E-state index in [-0.39, 0.29) is 29.6 Å². The van der Waals surface area contributed by atoms with Gasteiger partial charge in [0.05, 0.1) is 0 Å². The summed E-state index contributed by atoms with van der Waals surface area (Å²) in [7, 11) is 0. The van der Waals surface area contributed by atoms with Crippen LogP contribution in [0.15, 0.2) is 54.6 Å². The second-order valence-corrected chi connectivity index (χ2v) is 10.6. The highest BCUT2D eigenvalue weighted by atomic mass is 19.1. The molecule has 7 heteroatoms. The van der Waals surface area contributed by atoms with Crippen LogP contribution in [0.5, 0.6) is 0 Å². The highest BCUT2D eigenvalue weighted by Gasteiger charge is 2.56. The summed E-state index contributed by atoms with van der Waals surface area (Å²) in [6.07, 6.45) is 5.91. The van der Waals surface area contributed by atoms with E-state index in [2.05, 4.69) is 17.4 Å².